The molecule has 1 atom stereocenters. The lowest BCUT2D eigenvalue weighted by Crippen LogP contribution is -2.27. The van der Waals surface area contributed by atoms with Crippen molar-refractivity contribution in [2.45, 2.75) is 32.2 Å². The van der Waals surface area contributed by atoms with Gasteiger partial charge in [0, 0.05) is 11.6 Å². The molecule has 2 N–H and O–H groups in total. The summed E-state index contributed by atoms with van der Waals surface area (Å²) in [5.74, 6) is -1.21. The van der Waals surface area contributed by atoms with E-state index in [-0.39, 0.29) is 18.4 Å². The van der Waals surface area contributed by atoms with Crippen LogP contribution in [0.3, 0.4) is 0 Å². The topological polar surface area (TPSA) is 26.0 Å². The molecule has 90 valence electrons. The molecule has 0 unspecified atom stereocenters. The molecule has 0 aromatic heterocycles. The molecule has 1 aromatic rings. The molecule has 1 aliphatic carbocycles. The van der Waals surface area contributed by atoms with Crippen LogP contribution in [-0.2, 0) is 0 Å². The van der Waals surface area contributed by atoms with Gasteiger partial charge in [-0.15, -0.1) is 12.4 Å². The van der Waals surface area contributed by atoms with Crippen molar-refractivity contribution in [3.8, 4) is 0 Å². The van der Waals surface area contributed by atoms with E-state index in [1.165, 1.54) is 0 Å². The van der Waals surface area contributed by atoms with Gasteiger partial charge in [0.15, 0.2) is 11.6 Å². The lowest BCUT2D eigenvalue weighted by atomic mass is 9.77. The van der Waals surface area contributed by atoms with Gasteiger partial charge in [-0.3, -0.25) is 0 Å². The van der Waals surface area contributed by atoms with Crippen molar-refractivity contribution in [1.29, 1.82) is 0 Å². The Hall–Kier alpha value is -0.670. The first kappa shape index (κ1) is 13.4. The smallest absolute Gasteiger partial charge is 0.163 e. The summed E-state index contributed by atoms with van der Waals surface area (Å²) in [4.78, 5) is 0. The zero-order valence-electron chi connectivity index (χ0n) is 9.17. The molecule has 4 heteroatoms. The third kappa shape index (κ3) is 2.20. The first-order chi connectivity index (χ1) is 7.11. The van der Waals surface area contributed by atoms with Crippen molar-refractivity contribution < 1.29 is 8.78 Å². The monoisotopic (exact) mass is 247 g/mol. The van der Waals surface area contributed by atoms with Crippen LogP contribution in [0.25, 0.3) is 0 Å². The van der Waals surface area contributed by atoms with Crippen LogP contribution in [0.15, 0.2) is 12.1 Å². The molecule has 1 aliphatic rings. The molecule has 0 saturated heterocycles. The maximum atomic E-state index is 13.6. The summed E-state index contributed by atoms with van der Waals surface area (Å²) in [5, 5.41) is 0. The highest BCUT2D eigenvalue weighted by Crippen LogP contribution is 2.37. The van der Waals surface area contributed by atoms with Crippen LogP contribution in [0.5, 0.6) is 0 Å². The number of aryl methyl sites for hydroxylation is 1. The molecule has 0 aliphatic heterocycles. The highest BCUT2D eigenvalue weighted by Gasteiger charge is 2.28. The fraction of sp³-hybridized carbons (Fsp3) is 0.500. The average Bonchev–Trinajstić information content (AvgIpc) is 2.11. The number of nitrogens with two attached hydrogens (primary N) is 1. The molecule has 16 heavy (non-hydrogen) atoms. The van der Waals surface area contributed by atoms with Crippen molar-refractivity contribution in [3.05, 3.63) is 34.9 Å². The van der Waals surface area contributed by atoms with Crippen LogP contribution in [0, 0.1) is 24.5 Å². The Morgan fingerprint density at radius 3 is 2.38 bits per heavy atom. The Balaban J connectivity index is 0.00000128. The van der Waals surface area contributed by atoms with Crippen LogP contribution in [0.1, 0.15) is 36.4 Å². The fourth-order valence-electron chi connectivity index (χ4n) is 1.97. The molecule has 0 heterocycles. The van der Waals surface area contributed by atoms with Gasteiger partial charge in [0.25, 0.3) is 0 Å². The van der Waals surface area contributed by atoms with E-state index in [0.717, 1.165) is 19.3 Å². The minimum atomic E-state index is -0.769. The molecule has 1 aromatic carbocycles. The number of hydrogen-bond donors (Lipinski definition) is 1. The number of benzene rings is 1. The summed E-state index contributed by atoms with van der Waals surface area (Å²) >= 11 is 0. The van der Waals surface area contributed by atoms with Gasteiger partial charge in [-0.1, -0.05) is 18.6 Å². The van der Waals surface area contributed by atoms with E-state index in [1.54, 1.807) is 19.1 Å². The minimum Gasteiger partial charge on any atom is -0.324 e. The van der Waals surface area contributed by atoms with E-state index in [1.807, 2.05) is 0 Å². The number of rotatable bonds is 2. The first-order valence-corrected chi connectivity index (χ1v) is 5.31. The molecule has 1 fully saturated rings. The molecular formula is C12H16ClF2N. The number of hydrogen-bond acceptors (Lipinski definition) is 1. The van der Waals surface area contributed by atoms with E-state index in [0.29, 0.717) is 17.0 Å². The molecule has 1 saturated carbocycles. The standard InChI is InChI=1S/C12H15F2N.ClH/c1-7-5-6-9(11(14)10(7)13)12(15)8-3-2-4-8;/h5-6,8,12H,2-4,15H2,1H3;1H/t12-;/m1./s1. The van der Waals surface area contributed by atoms with Gasteiger partial charge in [-0.25, -0.2) is 8.78 Å². The third-order valence-corrected chi connectivity index (χ3v) is 3.32. The van der Waals surface area contributed by atoms with E-state index < -0.39 is 11.6 Å². The third-order valence-electron chi connectivity index (χ3n) is 3.32. The minimum absolute atomic E-state index is 0. The lowest BCUT2D eigenvalue weighted by molar-refractivity contribution is 0.259. The average molecular weight is 248 g/mol. The maximum absolute atomic E-state index is 13.6. The van der Waals surface area contributed by atoms with Crippen molar-refractivity contribution in [2.75, 3.05) is 0 Å². The van der Waals surface area contributed by atoms with Gasteiger partial charge in [0.05, 0.1) is 0 Å². The van der Waals surface area contributed by atoms with E-state index in [9.17, 15) is 8.78 Å². The summed E-state index contributed by atoms with van der Waals surface area (Å²) in [7, 11) is 0. The van der Waals surface area contributed by atoms with Crippen LogP contribution in [-0.4, -0.2) is 0 Å². The zero-order chi connectivity index (χ0) is 11.0. The maximum Gasteiger partial charge on any atom is 0.163 e. The van der Waals surface area contributed by atoms with Crippen LogP contribution in [0.4, 0.5) is 8.78 Å². The second kappa shape index (κ2) is 5.11. The Bertz CT molecular complexity index is 378. The van der Waals surface area contributed by atoms with E-state index >= 15 is 0 Å². The zero-order valence-corrected chi connectivity index (χ0v) is 9.99. The van der Waals surface area contributed by atoms with E-state index in [2.05, 4.69) is 0 Å². The number of halogens is 3. The van der Waals surface area contributed by atoms with Crippen LogP contribution in [0.2, 0.25) is 0 Å². The fourth-order valence-corrected chi connectivity index (χ4v) is 1.97. The van der Waals surface area contributed by atoms with Crippen LogP contribution < -0.4 is 5.73 Å². The van der Waals surface area contributed by atoms with Gasteiger partial charge in [0.1, 0.15) is 0 Å². The molecule has 0 amide bonds. The molecule has 0 radical (unpaired) electrons. The molecule has 0 spiro atoms. The van der Waals surface area contributed by atoms with Gasteiger partial charge in [-0.05, 0) is 31.2 Å². The van der Waals surface area contributed by atoms with Gasteiger partial charge in [0.2, 0.25) is 0 Å². The van der Waals surface area contributed by atoms with Gasteiger partial charge in [-0.2, -0.15) is 0 Å². The van der Waals surface area contributed by atoms with Gasteiger partial charge < -0.3 is 5.73 Å². The molecule has 1 nitrogen and oxygen atoms in total. The van der Waals surface area contributed by atoms with Crippen molar-refractivity contribution in [3.63, 3.8) is 0 Å². The molecule has 0 bridgehead atoms. The summed E-state index contributed by atoms with van der Waals surface area (Å²) in [6.07, 6.45) is 3.19. The summed E-state index contributed by atoms with van der Waals surface area (Å²) in [6.45, 7) is 1.55. The Morgan fingerprint density at radius 2 is 1.88 bits per heavy atom. The first-order valence-electron chi connectivity index (χ1n) is 5.31. The highest BCUT2D eigenvalue weighted by molar-refractivity contribution is 5.85. The molecule has 2 rings (SSSR count). The van der Waals surface area contributed by atoms with Gasteiger partial charge >= 0.3 is 0 Å². The summed E-state index contributed by atoms with van der Waals surface area (Å²) in [5.41, 5.74) is 6.57. The Labute approximate surface area is 100 Å². The van der Waals surface area contributed by atoms with E-state index in [4.69, 9.17) is 5.73 Å². The second-order valence-corrected chi connectivity index (χ2v) is 4.32. The van der Waals surface area contributed by atoms with Crippen LogP contribution >= 0.6 is 12.4 Å². The predicted molar refractivity (Wildman–Crippen MR) is 62.6 cm³/mol. The Morgan fingerprint density at radius 1 is 1.25 bits per heavy atom. The Kier molecular flexibility index (Phi) is 4.28. The largest absolute Gasteiger partial charge is 0.324 e. The normalized spacial score (nSPS) is 17.5. The predicted octanol–water partition coefficient (Wildman–Crippen LogP) is 3.49. The lowest BCUT2D eigenvalue weighted by Gasteiger charge is -2.31. The quantitative estimate of drug-likeness (QED) is 0.851. The van der Waals surface area contributed by atoms with Crippen molar-refractivity contribution in [2.24, 2.45) is 11.7 Å². The SMILES string of the molecule is Cc1ccc([C@H](N)C2CCC2)c(F)c1F.Cl. The molecular weight excluding hydrogens is 232 g/mol. The summed E-state index contributed by atoms with van der Waals surface area (Å²) < 4.78 is 26.9. The highest BCUT2D eigenvalue weighted by atomic mass is 35.5. The summed E-state index contributed by atoms with van der Waals surface area (Å²) in [6, 6.07) is 2.84. The second-order valence-electron chi connectivity index (χ2n) is 4.32. The van der Waals surface area contributed by atoms with Crippen molar-refractivity contribution >= 4 is 12.4 Å². The van der Waals surface area contributed by atoms with Crippen molar-refractivity contribution in [1.82, 2.24) is 0 Å².